The fraction of sp³-hybridized carbons (Fsp3) is 0.100. The Morgan fingerprint density at radius 1 is 1.08 bits per heavy atom. The molecule has 4 rings (SSSR count). The zero-order valence-electron chi connectivity index (χ0n) is 13.4. The van der Waals surface area contributed by atoms with Crippen LogP contribution in [0.5, 0.6) is 0 Å². The van der Waals surface area contributed by atoms with Crippen molar-refractivity contribution in [3.8, 4) is 0 Å². The maximum absolute atomic E-state index is 12.9. The molecule has 0 saturated heterocycles. The van der Waals surface area contributed by atoms with Gasteiger partial charge in [-0.2, -0.15) is 0 Å². The molecular weight excluding hydrogens is 373 g/mol. The molecule has 1 heterocycles. The molecule has 0 aliphatic carbocycles. The Morgan fingerprint density at radius 2 is 1.81 bits per heavy atom. The van der Waals surface area contributed by atoms with Crippen LogP contribution < -0.4 is 5.32 Å². The summed E-state index contributed by atoms with van der Waals surface area (Å²) in [5, 5.41) is 15.7. The molecule has 0 bridgehead atoms. The summed E-state index contributed by atoms with van der Waals surface area (Å²) in [4.78, 5) is 25.4. The summed E-state index contributed by atoms with van der Waals surface area (Å²) in [5.41, 5.74) is -1.09. The molecule has 26 heavy (non-hydrogen) atoms. The number of anilines is 1. The molecule has 3 aromatic rings. The molecule has 0 fully saturated rings. The smallest absolute Gasteiger partial charge is 0.261 e. The number of ketones is 1. The topological polar surface area (TPSA) is 66.4 Å². The molecule has 1 aliphatic heterocycles. The van der Waals surface area contributed by atoms with Crippen molar-refractivity contribution in [1.29, 1.82) is 0 Å². The van der Waals surface area contributed by atoms with Crippen molar-refractivity contribution >= 4 is 51.4 Å². The molecule has 1 atom stereocenters. The lowest BCUT2D eigenvalue weighted by Crippen LogP contribution is -2.36. The van der Waals surface area contributed by atoms with Gasteiger partial charge >= 0.3 is 0 Å². The first-order valence-electron chi connectivity index (χ1n) is 7.94. The van der Waals surface area contributed by atoms with Crippen LogP contribution >= 0.6 is 23.2 Å². The second-order valence-electron chi connectivity index (χ2n) is 6.25. The van der Waals surface area contributed by atoms with E-state index in [0.717, 1.165) is 10.8 Å². The number of nitrogens with one attached hydrogen (secondary N) is 1. The molecule has 130 valence electrons. The normalized spacial score (nSPS) is 18.7. The van der Waals surface area contributed by atoms with Gasteiger partial charge in [0.2, 0.25) is 0 Å². The average Bonchev–Trinajstić information content (AvgIpc) is 2.84. The van der Waals surface area contributed by atoms with Crippen molar-refractivity contribution in [1.82, 2.24) is 0 Å². The Balaban J connectivity index is 1.78. The minimum atomic E-state index is -2.04. The lowest BCUT2D eigenvalue weighted by atomic mass is 9.87. The predicted molar refractivity (Wildman–Crippen MR) is 102 cm³/mol. The van der Waals surface area contributed by atoms with Crippen molar-refractivity contribution in [3.05, 3.63) is 75.8 Å². The number of carbonyl (C=O) groups is 2. The molecule has 4 nitrogen and oxygen atoms in total. The van der Waals surface area contributed by atoms with Crippen molar-refractivity contribution in [2.75, 3.05) is 5.32 Å². The van der Waals surface area contributed by atoms with Crippen LogP contribution in [0, 0.1) is 0 Å². The Morgan fingerprint density at radius 3 is 2.62 bits per heavy atom. The third-order valence-electron chi connectivity index (χ3n) is 4.60. The summed E-state index contributed by atoms with van der Waals surface area (Å²) in [6.07, 6.45) is -0.415. The van der Waals surface area contributed by atoms with E-state index in [1.807, 2.05) is 30.3 Å². The van der Waals surface area contributed by atoms with Gasteiger partial charge in [-0.3, -0.25) is 9.59 Å². The van der Waals surface area contributed by atoms with Crippen LogP contribution in [0.4, 0.5) is 5.69 Å². The highest BCUT2D eigenvalue weighted by atomic mass is 35.5. The number of amides is 1. The molecule has 0 radical (unpaired) electrons. The quantitative estimate of drug-likeness (QED) is 0.649. The second kappa shape index (κ2) is 6.09. The minimum Gasteiger partial charge on any atom is -0.375 e. The Hall–Kier alpha value is -2.40. The Kier molecular flexibility index (Phi) is 3.99. The molecule has 3 aromatic carbocycles. The van der Waals surface area contributed by atoms with E-state index in [1.54, 1.807) is 12.1 Å². The van der Waals surface area contributed by atoms with Crippen molar-refractivity contribution < 1.29 is 14.7 Å². The number of rotatable bonds is 3. The van der Waals surface area contributed by atoms with Crippen LogP contribution in [0.2, 0.25) is 10.0 Å². The number of Topliss-reactive ketones (excluding diaryl/α,β-unsaturated/α-hetero) is 1. The lowest BCUT2D eigenvalue weighted by Gasteiger charge is -2.21. The van der Waals surface area contributed by atoms with Gasteiger partial charge < -0.3 is 10.4 Å². The van der Waals surface area contributed by atoms with Crippen molar-refractivity contribution in [3.63, 3.8) is 0 Å². The first-order chi connectivity index (χ1) is 12.4. The standard InChI is InChI=1S/C20H13Cl2NO3/c21-12-8-15(22)18-16(9-12)23-19(25)20(18,26)10-17(24)14-7-3-5-11-4-1-2-6-13(11)14/h1-9,26H,10H2,(H,23,25)/t20-/m0/s1. The predicted octanol–water partition coefficient (Wildman–Crippen LogP) is 4.56. The van der Waals surface area contributed by atoms with Gasteiger partial charge in [-0.1, -0.05) is 65.7 Å². The van der Waals surface area contributed by atoms with Crippen LogP contribution in [0.1, 0.15) is 22.3 Å². The Bertz CT molecular complexity index is 1070. The first kappa shape index (κ1) is 17.0. The maximum Gasteiger partial charge on any atom is 0.261 e. The third kappa shape index (κ3) is 2.58. The number of benzene rings is 3. The molecule has 1 amide bonds. The fourth-order valence-electron chi connectivity index (χ4n) is 3.40. The SMILES string of the molecule is O=C(C[C@@]1(O)C(=O)Nc2cc(Cl)cc(Cl)c21)c1cccc2ccccc12. The summed E-state index contributed by atoms with van der Waals surface area (Å²) in [6, 6.07) is 15.8. The second-order valence-corrected chi connectivity index (χ2v) is 7.09. The monoisotopic (exact) mass is 385 g/mol. The largest absolute Gasteiger partial charge is 0.375 e. The maximum atomic E-state index is 12.9. The van der Waals surface area contributed by atoms with Gasteiger partial charge in [-0.25, -0.2) is 0 Å². The molecule has 1 aliphatic rings. The van der Waals surface area contributed by atoms with Crippen LogP contribution in [-0.2, 0) is 10.4 Å². The van der Waals surface area contributed by atoms with Crippen LogP contribution in [-0.4, -0.2) is 16.8 Å². The molecule has 0 spiro atoms. The zero-order valence-corrected chi connectivity index (χ0v) is 14.9. The summed E-state index contributed by atoms with van der Waals surface area (Å²) < 4.78 is 0. The van der Waals surface area contributed by atoms with Gasteiger partial charge in [0.05, 0.1) is 17.1 Å². The zero-order chi connectivity index (χ0) is 18.5. The summed E-state index contributed by atoms with van der Waals surface area (Å²) in [7, 11) is 0. The highest BCUT2D eigenvalue weighted by molar-refractivity contribution is 6.36. The van der Waals surface area contributed by atoms with E-state index in [9.17, 15) is 14.7 Å². The molecular formula is C20H13Cl2NO3. The average molecular weight is 386 g/mol. The number of carbonyl (C=O) groups excluding carboxylic acids is 2. The lowest BCUT2D eigenvalue weighted by molar-refractivity contribution is -0.133. The minimum absolute atomic E-state index is 0.138. The van der Waals surface area contributed by atoms with Crippen LogP contribution in [0.25, 0.3) is 10.8 Å². The summed E-state index contributed by atoms with van der Waals surface area (Å²) >= 11 is 12.2. The number of hydrogen-bond acceptors (Lipinski definition) is 3. The van der Waals surface area contributed by atoms with Gasteiger partial charge in [-0.15, -0.1) is 0 Å². The Labute approximate surface area is 159 Å². The van der Waals surface area contributed by atoms with Crippen molar-refractivity contribution in [2.24, 2.45) is 0 Å². The van der Waals surface area contributed by atoms with Gasteiger partial charge in [0.15, 0.2) is 11.4 Å². The first-order valence-corrected chi connectivity index (χ1v) is 8.70. The number of hydrogen-bond donors (Lipinski definition) is 2. The number of aliphatic hydroxyl groups is 1. The van der Waals surface area contributed by atoms with E-state index in [-0.39, 0.29) is 16.4 Å². The summed E-state index contributed by atoms with van der Waals surface area (Å²) in [6.45, 7) is 0. The van der Waals surface area contributed by atoms with E-state index in [2.05, 4.69) is 5.32 Å². The molecule has 0 unspecified atom stereocenters. The van der Waals surface area contributed by atoms with E-state index >= 15 is 0 Å². The molecule has 0 saturated carbocycles. The molecule has 2 N–H and O–H groups in total. The van der Waals surface area contributed by atoms with E-state index in [4.69, 9.17) is 23.2 Å². The highest BCUT2D eigenvalue weighted by Crippen LogP contribution is 2.44. The third-order valence-corrected chi connectivity index (χ3v) is 5.12. The number of fused-ring (bicyclic) bond motifs is 2. The summed E-state index contributed by atoms with van der Waals surface area (Å²) in [5.74, 6) is -1.04. The van der Waals surface area contributed by atoms with Gasteiger partial charge in [0, 0.05) is 16.1 Å². The van der Waals surface area contributed by atoms with E-state index in [0.29, 0.717) is 16.3 Å². The van der Waals surface area contributed by atoms with Gasteiger partial charge in [-0.05, 0) is 22.9 Å². The van der Waals surface area contributed by atoms with Crippen LogP contribution in [0.15, 0.2) is 54.6 Å². The van der Waals surface area contributed by atoms with Crippen molar-refractivity contribution in [2.45, 2.75) is 12.0 Å². The highest BCUT2D eigenvalue weighted by Gasteiger charge is 2.48. The molecule has 6 heteroatoms. The number of halogens is 2. The van der Waals surface area contributed by atoms with E-state index in [1.165, 1.54) is 12.1 Å². The van der Waals surface area contributed by atoms with Gasteiger partial charge in [0.1, 0.15) is 0 Å². The molecule has 0 aromatic heterocycles. The van der Waals surface area contributed by atoms with Crippen LogP contribution in [0.3, 0.4) is 0 Å². The van der Waals surface area contributed by atoms with E-state index < -0.39 is 17.9 Å². The van der Waals surface area contributed by atoms with Gasteiger partial charge in [0.25, 0.3) is 5.91 Å². The fourth-order valence-corrected chi connectivity index (χ4v) is 4.05.